The lowest BCUT2D eigenvalue weighted by Gasteiger charge is -2.19. The van der Waals surface area contributed by atoms with E-state index in [0.29, 0.717) is 17.7 Å². The van der Waals surface area contributed by atoms with Crippen LogP contribution in [0.4, 0.5) is 11.4 Å². The number of hydrogen-bond acceptors (Lipinski definition) is 4. The Kier molecular flexibility index (Phi) is 3.69. The smallest absolute Gasteiger partial charge is 0.308 e. The van der Waals surface area contributed by atoms with Gasteiger partial charge in [0.2, 0.25) is 0 Å². The Morgan fingerprint density at radius 3 is 2.84 bits per heavy atom. The third kappa shape index (κ3) is 2.67. The van der Waals surface area contributed by atoms with E-state index in [-0.39, 0.29) is 11.7 Å². The summed E-state index contributed by atoms with van der Waals surface area (Å²) >= 11 is 0. The molecule has 2 unspecified atom stereocenters. The highest BCUT2D eigenvalue weighted by Gasteiger charge is 2.34. The maximum absolute atomic E-state index is 11.1. The number of hydrogen-bond donors (Lipinski definition) is 2. The van der Waals surface area contributed by atoms with Crippen molar-refractivity contribution in [2.75, 3.05) is 5.32 Å². The van der Waals surface area contributed by atoms with E-state index in [1.807, 2.05) is 0 Å². The number of carboxylic acid groups (broad SMARTS) is 1. The number of aliphatic carboxylic acids is 1. The first-order chi connectivity index (χ1) is 9.00. The van der Waals surface area contributed by atoms with Gasteiger partial charge in [0.15, 0.2) is 0 Å². The van der Waals surface area contributed by atoms with Gasteiger partial charge in [0.25, 0.3) is 5.69 Å². The van der Waals surface area contributed by atoms with E-state index in [1.165, 1.54) is 0 Å². The Morgan fingerprint density at radius 1 is 1.47 bits per heavy atom. The van der Waals surface area contributed by atoms with E-state index < -0.39 is 16.8 Å². The molecule has 2 N–H and O–H groups in total. The number of nitrogens with one attached hydrogen (secondary N) is 1. The van der Waals surface area contributed by atoms with Crippen molar-refractivity contribution in [2.45, 2.75) is 32.2 Å². The second-order valence-corrected chi connectivity index (χ2v) is 4.85. The Labute approximate surface area is 110 Å². The first-order valence-corrected chi connectivity index (χ1v) is 6.24. The molecule has 0 aromatic heterocycles. The predicted molar refractivity (Wildman–Crippen MR) is 70.2 cm³/mol. The van der Waals surface area contributed by atoms with E-state index in [9.17, 15) is 14.9 Å². The first-order valence-electron chi connectivity index (χ1n) is 6.24. The van der Waals surface area contributed by atoms with Crippen molar-refractivity contribution in [2.24, 2.45) is 5.92 Å². The standard InChI is InChI=1S/C13H16N2O4/c1-8-4-2-7-11(12(8)15(18)19)14-10-6-3-5-9(10)13(16)17/h2,4,7,9-10,14H,3,5-6H2,1H3,(H,16,17). The number of nitro benzene ring substituents is 1. The third-order valence-corrected chi connectivity index (χ3v) is 3.59. The van der Waals surface area contributed by atoms with Crippen LogP contribution in [0.5, 0.6) is 0 Å². The van der Waals surface area contributed by atoms with Gasteiger partial charge >= 0.3 is 5.97 Å². The van der Waals surface area contributed by atoms with Crippen molar-refractivity contribution < 1.29 is 14.8 Å². The summed E-state index contributed by atoms with van der Waals surface area (Å²) < 4.78 is 0. The molecule has 0 aliphatic heterocycles. The van der Waals surface area contributed by atoms with Crippen molar-refractivity contribution in [3.63, 3.8) is 0 Å². The molecule has 19 heavy (non-hydrogen) atoms. The van der Waals surface area contributed by atoms with Crippen LogP contribution < -0.4 is 5.32 Å². The molecule has 1 aromatic rings. The second-order valence-electron chi connectivity index (χ2n) is 4.85. The molecule has 1 aliphatic carbocycles. The second kappa shape index (κ2) is 5.26. The van der Waals surface area contributed by atoms with Crippen LogP contribution in [0.25, 0.3) is 0 Å². The van der Waals surface area contributed by atoms with Gasteiger partial charge in [-0.3, -0.25) is 14.9 Å². The number of nitrogens with zero attached hydrogens (tertiary/aromatic N) is 1. The summed E-state index contributed by atoms with van der Waals surface area (Å²) in [6, 6.07) is 4.79. The summed E-state index contributed by atoms with van der Waals surface area (Å²) in [6.07, 6.45) is 2.17. The van der Waals surface area contributed by atoms with E-state index in [0.717, 1.165) is 12.8 Å². The highest BCUT2D eigenvalue weighted by atomic mass is 16.6. The number of nitro groups is 1. The monoisotopic (exact) mass is 264 g/mol. The molecule has 0 spiro atoms. The van der Waals surface area contributed by atoms with Gasteiger partial charge in [-0.1, -0.05) is 18.6 Å². The molecule has 0 saturated heterocycles. The maximum Gasteiger partial charge on any atom is 0.308 e. The highest BCUT2D eigenvalue weighted by Crippen LogP contribution is 2.33. The number of carbonyl (C=O) groups is 1. The average Bonchev–Trinajstić information content (AvgIpc) is 2.76. The molecule has 2 atom stereocenters. The van der Waals surface area contributed by atoms with Gasteiger partial charge in [0.05, 0.1) is 10.8 Å². The van der Waals surface area contributed by atoms with E-state index in [4.69, 9.17) is 5.11 Å². The van der Waals surface area contributed by atoms with Crippen molar-refractivity contribution in [3.05, 3.63) is 33.9 Å². The molecule has 0 bridgehead atoms. The summed E-state index contributed by atoms with van der Waals surface area (Å²) in [6.45, 7) is 1.67. The minimum atomic E-state index is -0.842. The molecule has 0 amide bonds. The van der Waals surface area contributed by atoms with Gasteiger partial charge in [-0.25, -0.2) is 0 Å². The zero-order valence-electron chi connectivity index (χ0n) is 10.6. The van der Waals surface area contributed by atoms with Gasteiger partial charge in [0, 0.05) is 11.6 Å². The zero-order valence-corrected chi connectivity index (χ0v) is 10.6. The van der Waals surface area contributed by atoms with Crippen LogP contribution in [0.3, 0.4) is 0 Å². The number of aryl methyl sites for hydroxylation is 1. The molecule has 102 valence electrons. The van der Waals surface area contributed by atoms with Crippen molar-refractivity contribution in [1.29, 1.82) is 0 Å². The zero-order chi connectivity index (χ0) is 14.0. The Hall–Kier alpha value is -2.11. The fraction of sp³-hybridized carbons (Fsp3) is 0.462. The minimum Gasteiger partial charge on any atom is -0.481 e. The van der Waals surface area contributed by atoms with Crippen molar-refractivity contribution >= 4 is 17.3 Å². The van der Waals surface area contributed by atoms with Gasteiger partial charge in [-0.15, -0.1) is 0 Å². The highest BCUT2D eigenvalue weighted by molar-refractivity contribution is 5.73. The van der Waals surface area contributed by atoms with Gasteiger partial charge < -0.3 is 10.4 Å². The summed E-state index contributed by atoms with van der Waals surface area (Å²) in [5.74, 6) is -1.31. The molecular weight excluding hydrogens is 248 g/mol. The summed E-state index contributed by atoms with van der Waals surface area (Å²) in [5, 5.41) is 23.2. The lowest BCUT2D eigenvalue weighted by atomic mass is 10.0. The molecule has 2 rings (SSSR count). The SMILES string of the molecule is Cc1cccc(NC2CCCC2C(=O)O)c1[N+](=O)[O-]. The molecule has 6 heteroatoms. The molecule has 1 saturated carbocycles. The van der Waals surface area contributed by atoms with Crippen molar-refractivity contribution in [3.8, 4) is 0 Å². The normalized spacial score (nSPS) is 22.2. The quantitative estimate of drug-likeness (QED) is 0.644. The lowest BCUT2D eigenvalue weighted by Crippen LogP contribution is -2.30. The topological polar surface area (TPSA) is 92.5 Å². The molecule has 1 aliphatic rings. The molecule has 1 fully saturated rings. The fourth-order valence-electron chi connectivity index (χ4n) is 2.65. The molecule has 1 aromatic carbocycles. The largest absolute Gasteiger partial charge is 0.481 e. The lowest BCUT2D eigenvalue weighted by molar-refractivity contribution is -0.384. The van der Waals surface area contributed by atoms with Crippen molar-refractivity contribution in [1.82, 2.24) is 0 Å². The Morgan fingerprint density at radius 2 is 2.21 bits per heavy atom. The Bertz CT molecular complexity index is 515. The predicted octanol–water partition coefficient (Wildman–Crippen LogP) is 2.57. The van der Waals surface area contributed by atoms with Gasteiger partial charge in [0.1, 0.15) is 5.69 Å². The minimum absolute atomic E-state index is 0.0264. The summed E-state index contributed by atoms with van der Waals surface area (Å²) in [5.41, 5.74) is 1.00. The molecular formula is C13H16N2O4. The molecule has 0 radical (unpaired) electrons. The number of anilines is 1. The summed E-state index contributed by atoms with van der Waals surface area (Å²) in [7, 11) is 0. The maximum atomic E-state index is 11.1. The van der Waals surface area contributed by atoms with Crippen LogP contribution in [-0.2, 0) is 4.79 Å². The van der Waals surface area contributed by atoms with Crippen LogP contribution in [0.2, 0.25) is 0 Å². The summed E-state index contributed by atoms with van der Waals surface area (Å²) in [4.78, 5) is 21.8. The van der Waals surface area contributed by atoms with Crippen LogP contribution in [0, 0.1) is 23.0 Å². The van der Waals surface area contributed by atoms with Gasteiger partial charge in [-0.05, 0) is 25.8 Å². The van der Waals surface area contributed by atoms with Crippen LogP contribution in [-0.4, -0.2) is 22.0 Å². The Balaban J connectivity index is 2.26. The number of para-hydroxylation sites is 1. The number of benzene rings is 1. The van der Waals surface area contributed by atoms with E-state index in [1.54, 1.807) is 25.1 Å². The van der Waals surface area contributed by atoms with E-state index >= 15 is 0 Å². The third-order valence-electron chi connectivity index (χ3n) is 3.59. The molecule has 6 nitrogen and oxygen atoms in total. The van der Waals surface area contributed by atoms with E-state index in [2.05, 4.69) is 5.32 Å². The fourth-order valence-corrected chi connectivity index (χ4v) is 2.65. The average molecular weight is 264 g/mol. The number of rotatable bonds is 4. The first kappa shape index (κ1) is 13.3. The molecule has 0 heterocycles. The van der Waals surface area contributed by atoms with Crippen LogP contribution >= 0.6 is 0 Å². The number of carboxylic acids is 1. The van der Waals surface area contributed by atoms with Crippen LogP contribution in [0.1, 0.15) is 24.8 Å². The van der Waals surface area contributed by atoms with Crippen LogP contribution in [0.15, 0.2) is 18.2 Å². The van der Waals surface area contributed by atoms with Gasteiger partial charge in [-0.2, -0.15) is 0 Å².